The lowest BCUT2D eigenvalue weighted by molar-refractivity contribution is -0.121. The monoisotopic (exact) mass is 519 g/mol. The topological polar surface area (TPSA) is 116 Å². The van der Waals surface area contributed by atoms with Gasteiger partial charge in [0.1, 0.15) is 0 Å². The van der Waals surface area contributed by atoms with Crippen molar-refractivity contribution in [2.75, 3.05) is 6.54 Å². The fourth-order valence-electron chi connectivity index (χ4n) is 2.95. The molecule has 8 nitrogen and oxygen atoms in total. The van der Waals surface area contributed by atoms with Crippen molar-refractivity contribution in [3.63, 3.8) is 0 Å². The third-order valence-corrected chi connectivity index (χ3v) is 6.94. The third kappa shape index (κ3) is 6.64. The largest absolute Gasteiger partial charge is 0.478 e. The summed E-state index contributed by atoms with van der Waals surface area (Å²) in [5.74, 6) is -1.85. The Morgan fingerprint density at radius 3 is 2.15 bits per heavy atom. The number of aromatic carboxylic acids is 1. The zero-order valence-corrected chi connectivity index (χ0v) is 19.9. The zero-order chi connectivity index (χ0) is 24.7. The van der Waals surface area contributed by atoms with Gasteiger partial charge in [0, 0.05) is 22.2 Å². The van der Waals surface area contributed by atoms with Gasteiger partial charge in [0.25, 0.3) is 5.91 Å². The Morgan fingerprint density at radius 1 is 0.941 bits per heavy atom. The van der Waals surface area contributed by atoms with Gasteiger partial charge in [-0.15, -0.1) is 0 Å². The van der Waals surface area contributed by atoms with Crippen LogP contribution in [0.15, 0.2) is 82.8 Å². The highest BCUT2D eigenvalue weighted by Crippen LogP contribution is 2.21. The molecule has 0 unspecified atom stereocenters. The van der Waals surface area contributed by atoms with Crippen LogP contribution in [0.5, 0.6) is 0 Å². The van der Waals surface area contributed by atoms with E-state index >= 15 is 0 Å². The second kappa shape index (κ2) is 11.3. The first-order valence-electron chi connectivity index (χ1n) is 9.81. The molecule has 3 rings (SSSR count). The summed E-state index contributed by atoms with van der Waals surface area (Å²) in [7, 11) is -4.07. The van der Waals surface area contributed by atoms with Gasteiger partial charge in [-0.1, -0.05) is 53.5 Å². The maximum absolute atomic E-state index is 13.2. The smallest absolute Gasteiger partial charge is 0.336 e. The van der Waals surface area contributed by atoms with Gasteiger partial charge in [-0.05, 0) is 48.0 Å². The van der Waals surface area contributed by atoms with Crippen molar-refractivity contribution in [3.8, 4) is 0 Å². The van der Waals surface area contributed by atoms with Crippen LogP contribution >= 0.6 is 23.2 Å². The Hall–Kier alpha value is -3.24. The fraction of sp³-hybridized carbons (Fsp3) is 0.0870. The molecule has 0 aliphatic carbocycles. The van der Waals surface area contributed by atoms with Crippen LogP contribution in [0.1, 0.15) is 21.5 Å². The van der Waals surface area contributed by atoms with Crippen molar-refractivity contribution in [2.45, 2.75) is 11.4 Å². The van der Waals surface area contributed by atoms with Gasteiger partial charge < -0.3 is 5.11 Å². The summed E-state index contributed by atoms with van der Waals surface area (Å²) in [4.78, 5) is 23.8. The minimum atomic E-state index is -4.07. The molecule has 0 bridgehead atoms. The quantitative estimate of drug-likeness (QED) is 0.327. The van der Waals surface area contributed by atoms with E-state index in [1.165, 1.54) is 42.6 Å². The molecule has 0 atom stereocenters. The number of hydrogen-bond acceptors (Lipinski definition) is 5. The van der Waals surface area contributed by atoms with E-state index < -0.39 is 28.4 Å². The highest BCUT2D eigenvalue weighted by molar-refractivity contribution is 7.89. The molecule has 0 aliphatic heterocycles. The number of amides is 1. The summed E-state index contributed by atoms with van der Waals surface area (Å²) >= 11 is 11.8. The number of hydrogen-bond donors (Lipinski definition) is 2. The minimum absolute atomic E-state index is 0.00943. The van der Waals surface area contributed by atoms with E-state index in [1.807, 2.05) is 0 Å². The van der Waals surface area contributed by atoms with Crippen molar-refractivity contribution in [1.29, 1.82) is 0 Å². The van der Waals surface area contributed by atoms with Gasteiger partial charge >= 0.3 is 5.97 Å². The summed E-state index contributed by atoms with van der Waals surface area (Å²) in [5.41, 5.74) is 3.15. The number of carboxylic acids is 1. The molecule has 0 fully saturated rings. The molecule has 3 aromatic rings. The summed E-state index contributed by atoms with van der Waals surface area (Å²) in [6.45, 7) is -0.632. The van der Waals surface area contributed by atoms with Crippen molar-refractivity contribution in [1.82, 2.24) is 9.73 Å². The number of benzene rings is 3. The first kappa shape index (κ1) is 25.4. The van der Waals surface area contributed by atoms with Crippen LogP contribution < -0.4 is 5.43 Å². The maximum Gasteiger partial charge on any atom is 0.336 e. The summed E-state index contributed by atoms with van der Waals surface area (Å²) in [6.07, 6.45) is 1.18. The van der Waals surface area contributed by atoms with Crippen molar-refractivity contribution in [2.24, 2.45) is 5.10 Å². The molecular weight excluding hydrogens is 501 g/mol. The van der Waals surface area contributed by atoms with Crippen LogP contribution in [-0.4, -0.2) is 42.5 Å². The van der Waals surface area contributed by atoms with E-state index in [-0.39, 0.29) is 22.6 Å². The van der Waals surface area contributed by atoms with E-state index in [9.17, 15) is 23.1 Å². The molecule has 2 N–H and O–H groups in total. The van der Waals surface area contributed by atoms with Gasteiger partial charge in [-0.2, -0.15) is 9.41 Å². The minimum Gasteiger partial charge on any atom is -0.478 e. The summed E-state index contributed by atoms with van der Waals surface area (Å²) in [5, 5.41) is 13.9. The maximum atomic E-state index is 13.2. The molecule has 11 heteroatoms. The predicted molar refractivity (Wildman–Crippen MR) is 130 cm³/mol. The standard InChI is InChI=1S/C23H19Cl2N3O5S/c24-18-7-5-16(6-8-18)14-28(34(32,33)20-11-9-19(25)10-12-20)15-22(29)27-26-13-17-3-1-2-4-21(17)23(30)31/h1-13H,14-15H2,(H,27,29)(H,30,31)/b26-13-. The molecular formula is C23H19Cl2N3O5S. The number of carbonyl (C=O) groups excluding carboxylic acids is 1. The van der Waals surface area contributed by atoms with Crippen LogP contribution in [0, 0.1) is 0 Å². The molecule has 0 aromatic heterocycles. The van der Waals surface area contributed by atoms with Crippen molar-refractivity contribution in [3.05, 3.63) is 99.5 Å². The molecule has 0 heterocycles. The number of rotatable bonds is 9. The van der Waals surface area contributed by atoms with Crippen LogP contribution in [0.2, 0.25) is 10.0 Å². The molecule has 0 saturated carbocycles. The Morgan fingerprint density at radius 2 is 1.53 bits per heavy atom. The Balaban J connectivity index is 1.80. The fourth-order valence-corrected chi connectivity index (χ4v) is 4.59. The normalized spacial score (nSPS) is 11.6. The molecule has 0 saturated heterocycles. The number of nitrogens with zero attached hydrogens (tertiary/aromatic N) is 2. The Kier molecular flexibility index (Phi) is 8.41. The van der Waals surface area contributed by atoms with Crippen LogP contribution in [-0.2, 0) is 21.4 Å². The van der Waals surface area contributed by atoms with E-state index in [2.05, 4.69) is 10.5 Å². The van der Waals surface area contributed by atoms with Gasteiger partial charge in [0.15, 0.2) is 0 Å². The lowest BCUT2D eigenvalue weighted by atomic mass is 10.1. The molecule has 0 aliphatic rings. The number of hydrazone groups is 1. The van der Waals surface area contributed by atoms with Crippen molar-refractivity contribution >= 4 is 51.3 Å². The average Bonchev–Trinajstić information content (AvgIpc) is 2.80. The SMILES string of the molecule is O=C(CN(Cc1ccc(Cl)cc1)S(=O)(=O)c1ccc(Cl)cc1)N/N=C\c1ccccc1C(=O)O. The first-order chi connectivity index (χ1) is 16.2. The number of sulfonamides is 1. The van der Waals surface area contributed by atoms with Crippen LogP contribution in [0.3, 0.4) is 0 Å². The van der Waals surface area contributed by atoms with Gasteiger partial charge in [0.05, 0.1) is 23.2 Å². The van der Waals surface area contributed by atoms with Gasteiger partial charge in [-0.25, -0.2) is 18.6 Å². The number of carbonyl (C=O) groups is 2. The van der Waals surface area contributed by atoms with Gasteiger partial charge in [-0.3, -0.25) is 4.79 Å². The van der Waals surface area contributed by atoms with E-state index in [0.29, 0.717) is 15.6 Å². The van der Waals surface area contributed by atoms with E-state index in [4.69, 9.17) is 23.2 Å². The highest BCUT2D eigenvalue weighted by Gasteiger charge is 2.27. The van der Waals surface area contributed by atoms with Gasteiger partial charge in [0.2, 0.25) is 10.0 Å². The predicted octanol–water partition coefficient (Wildman–Crippen LogP) is 4.03. The lowest BCUT2D eigenvalue weighted by Gasteiger charge is -2.21. The zero-order valence-electron chi connectivity index (χ0n) is 17.6. The molecule has 0 radical (unpaired) electrons. The van der Waals surface area contributed by atoms with Crippen LogP contribution in [0.4, 0.5) is 0 Å². The molecule has 34 heavy (non-hydrogen) atoms. The Bertz CT molecular complexity index is 1310. The van der Waals surface area contributed by atoms with E-state index in [0.717, 1.165) is 4.31 Å². The summed E-state index contributed by atoms with van der Waals surface area (Å²) in [6, 6.07) is 18.3. The number of nitrogens with one attached hydrogen (secondary N) is 1. The lowest BCUT2D eigenvalue weighted by Crippen LogP contribution is -2.39. The van der Waals surface area contributed by atoms with Crippen molar-refractivity contribution < 1.29 is 23.1 Å². The molecule has 176 valence electrons. The second-order valence-corrected chi connectivity index (χ2v) is 9.85. The van der Waals surface area contributed by atoms with Crippen LogP contribution in [0.25, 0.3) is 0 Å². The molecule has 0 spiro atoms. The number of carboxylic acid groups (broad SMARTS) is 1. The Labute approximate surface area is 206 Å². The van der Waals surface area contributed by atoms with E-state index in [1.54, 1.807) is 36.4 Å². The second-order valence-electron chi connectivity index (χ2n) is 7.04. The first-order valence-corrected chi connectivity index (χ1v) is 12.0. The highest BCUT2D eigenvalue weighted by atomic mass is 35.5. The third-order valence-electron chi connectivity index (χ3n) is 4.63. The average molecular weight is 520 g/mol. The molecule has 3 aromatic carbocycles. The molecule has 1 amide bonds. The number of halogens is 2. The summed E-state index contributed by atoms with van der Waals surface area (Å²) < 4.78 is 27.5.